The van der Waals surface area contributed by atoms with Crippen molar-refractivity contribution in [1.29, 1.82) is 0 Å². The Hall–Kier alpha value is -3.88. The van der Waals surface area contributed by atoms with Crippen LogP contribution in [0.5, 0.6) is 0 Å². The van der Waals surface area contributed by atoms with Crippen LogP contribution in [0.2, 0.25) is 0 Å². The summed E-state index contributed by atoms with van der Waals surface area (Å²) in [6.45, 7) is 21.9. The molecule has 6 rings (SSSR count). The van der Waals surface area contributed by atoms with Crippen LogP contribution in [0.3, 0.4) is 0 Å². The van der Waals surface area contributed by atoms with Crippen molar-refractivity contribution < 1.29 is 0 Å². The lowest BCUT2D eigenvalue weighted by Gasteiger charge is -2.24. The fourth-order valence-electron chi connectivity index (χ4n) is 6.66. The summed E-state index contributed by atoms with van der Waals surface area (Å²) in [7, 11) is 0. The SMILES string of the molecule is C=C/C=C\C1=C(C)C(C)(C)C(=C/C(=C)Nc2ccc3c(c2)-c2c(ccc4c2sc2ccccc24)C3(C)C)/C1=C\C. The first-order chi connectivity index (χ1) is 19.1. The first kappa shape index (κ1) is 26.3. The van der Waals surface area contributed by atoms with E-state index in [9.17, 15) is 0 Å². The molecule has 0 radical (unpaired) electrons. The lowest BCUT2D eigenvalue weighted by molar-refractivity contribution is 0.564. The number of rotatable bonds is 5. The van der Waals surface area contributed by atoms with Crippen LogP contribution in [0.4, 0.5) is 5.69 Å². The average molecular weight is 540 g/mol. The van der Waals surface area contributed by atoms with Crippen molar-refractivity contribution in [2.24, 2.45) is 5.41 Å². The zero-order valence-electron chi connectivity index (χ0n) is 24.4. The van der Waals surface area contributed by atoms with Gasteiger partial charge in [0.05, 0.1) is 0 Å². The molecule has 2 heteroatoms. The molecule has 0 saturated carbocycles. The molecule has 2 aliphatic carbocycles. The summed E-state index contributed by atoms with van der Waals surface area (Å²) in [5.74, 6) is 0. The summed E-state index contributed by atoms with van der Waals surface area (Å²) in [4.78, 5) is 0. The molecule has 0 bridgehead atoms. The number of hydrogen-bond acceptors (Lipinski definition) is 2. The summed E-state index contributed by atoms with van der Waals surface area (Å²) in [6, 6.07) is 20.3. The van der Waals surface area contributed by atoms with Gasteiger partial charge in [-0.3, -0.25) is 0 Å². The van der Waals surface area contributed by atoms with Gasteiger partial charge < -0.3 is 5.32 Å². The van der Waals surface area contributed by atoms with Gasteiger partial charge in [-0.1, -0.05) is 107 Å². The third-order valence-corrected chi connectivity index (χ3v) is 10.3. The number of allylic oxidation sites excluding steroid dienone is 9. The van der Waals surface area contributed by atoms with E-state index < -0.39 is 0 Å². The van der Waals surface area contributed by atoms with Crippen molar-refractivity contribution in [1.82, 2.24) is 0 Å². The van der Waals surface area contributed by atoms with Crippen molar-refractivity contribution in [3.8, 4) is 11.1 Å². The molecule has 1 nitrogen and oxygen atoms in total. The minimum Gasteiger partial charge on any atom is -0.356 e. The normalized spacial score (nSPS) is 19.2. The van der Waals surface area contributed by atoms with Gasteiger partial charge in [-0.05, 0) is 71.5 Å². The largest absolute Gasteiger partial charge is 0.356 e. The molecular weight excluding hydrogens is 502 g/mol. The molecule has 1 aromatic heterocycles. The van der Waals surface area contributed by atoms with Crippen LogP contribution in [-0.2, 0) is 5.41 Å². The highest BCUT2D eigenvalue weighted by molar-refractivity contribution is 7.26. The standard InChI is InChI=1S/C38H37NS/c1-9-11-14-27-24(4)37(5,6)33(26(27)10-2)21-23(3)39-25-17-19-31-30(22-25)35-32(38(31,7)8)20-18-29-28-15-12-13-16-34(28)40-36(29)35/h9-22,39H,1,3H2,2,4-8H3/b14-11-,26-10-,33-21+. The molecule has 1 heterocycles. The molecule has 0 amide bonds. The van der Waals surface area contributed by atoms with Gasteiger partial charge in [0.1, 0.15) is 0 Å². The number of fused-ring (bicyclic) bond motifs is 7. The van der Waals surface area contributed by atoms with E-state index in [1.165, 1.54) is 64.7 Å². The molecule has 3 aromatic carbocycles. The van der Waals surface area contributed by atoms with Crippen LogP contribution in [0, 0.1) is 5.41 Å². The van der Waals surface area contributed by atoms with Gasteiger partial charge in [0, 0.05) is 48.0 Å². The summed E-state index contributed by atoms with van der Waals surface area (Å²) in [5, 5.41) is 6.33. The van der Waals surface area contributed by atoms with E-state index >= 15 is 0 Å². The number of anilines is 1. The van der Waals surface area contributed by atoms with E-state index in [1.807, 2.05) is 23.5 Å². The number of benzene rings is 3. The van der Waals surface area contributed by atoms with Crippen molar-refractivity contribution in [3.05, 3.63) is 137 Å². The second-order valence-electron chi connectivity index (χ2n) is 12.0. The Kier molecular flexibility index (Phi) is 6.16. The predicted molar refractivity (Wildman–Crippen MR) is 177 cm³/mol. The Morgan fingerprint density at radius 2 is 1.68 bits per heavy atom. The Bertz CT molecular complexity index is 1860. The van der Waals surface area contributed by atoms with Crippen molar-refractivity contribution in [3.63, 3.8) is 0 Å². The number of nitrogens with one attached hydrogen (secondary N) is 1. The average Bonchev–Trinajstić information content (AvgIpc) is 3.47. The molecule has 0 aliphatic heterocycles. The Morgan fingerprint density at radius 1 is 0.925 bits per heavy atom. The minimum absolute atomic E-state index is 0.0419. The third kappa shape index (κ3) is 3.81. The maximum absolute atomic E-state index is 4.44. The molecule has 0 saturated heterocycles. The maximum Gasteiger partial charge on any atom is 0.0437 e. The molecule has 0 unspecified atom stereocenters. The Labute approximate surface area is 242 Å². The minimum atomic E-state index is -0.0824. The molecule has 200 valence electrons. The van der Waals surface area contributed by atoms with Crippen LogP contribution in [0.1, 0.15) is 52.7 Å². The van der Waals surface area contributed by atoms with Gasteiger partial charge >= 0.3 is 0 Å². The molecule has 0 spiro atoms. The second-order valence-corrected chi connectivity index (χ2v) is 13.1. The number of thiophene rings is 1. The monoisotopic (exact) mass is 539 g/mol. The van der Waals surface area contributed by atoms with Crippen molar-refractivity contribution in [2.75, 3.05) is 5.32 Å². The van der Waals surface area contributed by atoms with Crippen LogP contribution in [-0.4, -0.2) is 0 Å². The summed E-state index contributed by atoms with van der Waals surface area (Å²) >= 11 is 1.91. The lowest BCUT2D eigenvalue weighted by atomic mass is 9.81. The van der Waals surface area contributed by atoms with Crippen LogP contribution < -0.4 is 5.32 Å². The third-order valence-electron chi connectivity index (χ3n) is 9.09. The fraction of sp³-hybridized carbons (Fsp3) is 0.211. The van der Waals surface area contributed by atoms with Gasteiger partial charge in [-0.2, -0.15) is 0 Å². The molecule has 1 N–H and O–H groups in total. The van der Waals surface area contributed by atoms with E-state index in [-0.39, 0.29) is 10.8 Å². The summed E-state index contributed by atoms with van der Waals surface area (Å²) in [6.07, 6.45) is 10.5. The predicted octanol–water partition coefficient (Wildman–Crippen LogP) is 11.3. The van der Waals surface area contributed by atoms with Gasteiger partial charge in [0.2, 0.25) is 0 Å². The van der Waals surface area contributed by atoms with Crippen LogP contribution >= 0.6 is 11.3 Å². The van der Waals surface area contributed by atoms with E-state index in [0.717, 1.165) is 11.4 Å². The summed E-state index contributed by atoms with van der Waals surface area (Å²) < 4.78 is 2.73. The fourth-order valence-corrected chi connectivity index (χ4v) is 7.93. The van der Waals surface area contributed by atoms with Gasteiger partial charge in [-0.15, -0.1) is 11.3 Å². The topological polar surface area (TPSA) is 12.0 Å². The quantitative estimate of drug-likeness (QED) is 0.249. The lowest BCUT2D eigenvalue weighted by Crippen LogP contribution is -2.15. The van der Waals surface area contributed by atoms with Crippen molar-refractivity contribution >= 4 is 37.2 Å². The van der Waals surface area contributed by atoms with Crippen molar-refractivity contribution in [2.45, 2.75) is 47.0 Å². The summed E-state index contributed by atoms with van der Waals surface area (Å²) in [5.41, 5.74) is 12.5. The molecular formula is C38H37NS. The zero-order chi connectivity index (χ0) is 28.4. The van der Waals surface area contributed by atoms with Crippen LogP contribution in [0.25, 0.3) is 31.3 Å². The first-order valence-corrected chi connectivity index (χ1v) is 14.9. The second kappa shape index (κ2) is 9.35. The Balaban J connectivity index is 1.40. The van der Waals surface area contributed by atoms with Gasteiger partial charge in [0.15, 0.2) is 0 Å². The van der Waals surface area contributed by atoms with Gasteiger partial charge in [0.25, 0.3) is 0 Å². The highest BCUT2D eigenvalue weighted by atomic mass is 32.1. The van der Waals surface area contributed by atoms with E-state index in [4.69, 9.17) is 0 Å². The Morgan fingerprint density at radius 3 is 2.42 bits per heavy atom. The van der Waals surface area contributed by atoms with Gasteiger partial charge in [-0.25, -0.2) is 0 Å². The molecule has 40 heavy (non-hydrogen) atoms. The highest BCUT2D eigenvalue weighted by Crippen LogP contribution is 2.54. The maximum atomic E-state index is 4.44. The molecule has 2 aliphatic rings. The molecule has 0 atom stereocenters. The van der Waals surface area contributed by atoms with E-state index in [0.29, 0.717) is 0 Å². The van der Waals surface area contributed by atoms with E-state index in [1.54, 1.807) is 0 Å². The highest BCUT2D eigenvalue weighted by Gasteiger charge is 2.38. The molecule has 0 fully saturated rings. The van der Waals surface area contributed by atoms with E-state index in [2.05, 4.69) is 133 Å². The number of hydrogen-bond donors (Lipinski definition) is 1. The zero-order valence-corrected chi connectivity index (χ0v) is 25.2. The van der Waals surface area contributed by atoms with Crippen LogP contribution in [0.15, 0.2) is 126 Å². The molecule has 4 aromatic rings. The smallest absolute Gasteiger partial charge is 0.0437 e. The first-order valence-electron chi connectivity index (χ1n) is 14.0.